The average Bonchev–Trinajstić information content (AvgIpc) is 3.14. The number of carbonyl (C=O) groups is 1. The first-order chi connectivity index (χ1) is 12.0. The van der Waals surface area contributed by atoms with E-state index < -0.39 is 6.10 Å². The molecule has 25 heavy (non-hydrogen) atoms. The van der Waals surface area contributed by atoms with Gasteiger partial charge in [0, 0.05) is 16.8 Å². The molecule has 1 amide bonds. The van der Waals surface area contributed by atoms with Crippen LogP contribution in [0, 0.1) is 0 Å². The Kier molecular flexibility index (Phi) is 3.84. The van der Waals surface area contributed by atoms with Crippen molar-refractivity contribution in [1.82, 2.24) is 15.2 Å². The first-order valence-electron chi connectivity index (χ1n) is 8.13. The number of para-hydroxylation sites is 1. The number of nitrogens with zero attached hydrogens (tertiary/aromatic N) is 4. The zero-order valence-electron chi connectivity index (χ0n) is 13.9. The van der Waals surface area contributed by atoms with Crippen LogP contribution < -0.4 is 9.74 Å². The molecular weight excluding hydrogens is 340 g/mol. The maximum absolute atomic E-state index is 13.0. The second-order valence-electron chi connectivity index (χ2n) is 6.23. The molecule has 0 bridgehead atoms. The molecule has 0 saturated carbocycles. The average molecular weight is 357 g/mol. The summed E-state index contributed by atoms with van der Waals surface area (Å²) >= 11 is 6.03. The summed E-state index contributed by atoms with van der Waals surface area (Å²) < 4.78 is 0. The summed E-state index contributed by atoms with van der Waals surface area (Å²) in [5, 5.41) is 8.55. The minimum atomic E-state index is -0.711. The van der Waals surface area contributed by atoms with Crippen LogP contribution >= 0.6 is 11.6 Å². The highest BCUT2D eigenvalue weighted by atomic mass is 35.5. The van der Waals surface area contributed by atoms with Crippen molar-refractivity contribution in [2.45, 2.75) is 32.4 Å². The maximum atomic E-state index is 13.0. The molecule has 4 rings (SSSR count). The molecule has 2 aromatic carbocycles. The van der Waals surface area contributed by atoms with Gasteiger partial charge in [0.05, 0.1) is 0 Å². The number of fused-ring (bicyclic) bond motifs is 2. The van der Waals surface area contributed by atoms with E-state index in [9.17, 15) is 4.79 Å². The van der Waals surface area contributed by atoms with Gasteiger partial charge in [0.1, 0.15) is 11.0 Å². The van der Waals surface area contributed by atoms with Crippen LogP contribution in [0.25, 0.3) is 11.0 Å². The van der Waals surface area contributed by atoms with Crippen LogP contribution in [-0.2, 0) is 11.2 Å². The van der Waals surface area contributed by atoms with E-state index in [2.05, 4.69) is 16.4 Å². The third kappa shape index (κ3) is 2.72. The van der Waals surface area contributed by atoms with Crippen LogP contribution in [0.5, 0.6) is 0 Å². The molecule has 0 saturated heterocycles. The molecule has 2 heterocycles. The molecule has 0 aliphatic carbocycles. The van der Waals surface area contributed by atoms with Crippen LogP contribution in [0.2, 0.25) is 5.02 Å². The van der Waals surface area contributed by atoms with E-state index in [1.54, 1.807) is 30.0 Å². The van der Waals surface area contributed by atoms with Crippen LogP contribution in [0.1, 0.15) is 19.4 Å². The van der Waals surface area contributed by atoms with Gasteiger partial charge in [0.25, 0.3) is 5.91 Å². The lowest BCUT2D eigenvalue weighted by Crippen LogP contribution is -2.45. The zero-order chi connectivity index (χ0) is 17.6. The highest BCUT2D eigenvalue weighted by molar-refractivity contribution is 6.31. The largest absolute Gasteiger partial charge is 0.382 e. The van der Waals surface area contributed by atoms with Gasteiger partial charge >= 0.3 is 0 Å². The topological polar surface area (TPSA) is 60.2 Å². The van der Waals surface area contributed by atoms with Gasteiger partial charge in [-0.15, -0.1) is 5.10 Å². The van der Waals surface area contributed by atoms with Crippen molar-refractivity contribution in [3.8, 4) is 0 Å². The van der Waals surface area contributed by atoms with Crippen LogP contribution in [0.15, 0.2) is 42.5 Å². The Bertz CT molecular complexity index is 955. The Morgan fingerprint density at radius 1 is 1.32 bits per heavy atom. The number of hydrogen-bond donors (Lipinski definition) is 0. The van der Waals surface area contributed by atoms with Crippen molar-refractivity contribution in [2.24, 2.45) is 0 Å². The molecule has 1 aliphatic heterocycles. The van der Waals surface area contributed by atoms with Gasteiger partial charge in [0.2, 0.25) is 6.10 Å². The summed E-state index contributed by atoms with van der Waals surface area (Å²) in [6, 6.07) is 13.3. The fraction of sp³-hybridized carbons (Fsp3) is 0.278. The van der Waals surface area contributed by atoms with Crippen molar-refractivity contribution in [2.75, 3.05) is 4.90 Å². The monoisotopic (exact) mass is 356 g/mol. The highest BCUT2D eigenvalue weighted by Crippen LogP contribution is 2.32. The van der Waals surface area contributed by atoms with Crippen molar-refractivity contribution < 1.29 is 9.63 Å². The molecule has 7 heteroatoms. The van der Waals surface area contributed by atoms with Crippen molar-refractivity contribution >= 4 is 34.2 Å². The fourth-order valence-corrected chi connectivity index (χ4v) is 3.41. The molecular formula is C18H17ClN4O2. The summed E-state index contributed by atoms with van der Waals surface area (Å²) in [7, 11) is 0. The smallest absolute Gasteiger partial charge is 0.270 e. The van der Waals surface area contributed by atoms with Gasteiger partial charge in [-0.2, -0.15) is 0 Å². The SMILES string of the molecule is C[C@@H]1Cc2ccccc2N1C(=O)[C@@H](C)On1nnc2ccc(Cl)cc21. The van der Waals surface area contributed by atoms with E-state index >= 15 is 0 Å². The summed E-state index contributed by atoms with van der Waals surface area (Å²) in [5.74, 6) is -0.108. The lowest BCUT2D eigenvalue weighted by Gasteiger charge is -2.25. The van der Waals surface area contributed by atoms with E-state index in [0.717, 1.165) is 12.1 Å². The number of amides is 1. The summed E-state index contributed by atoms with van der Waals surface area (Å²) in [5.41, 5.74) is 3.40. The minimum absolute atomic E-state index is 0.0953. The Morgan fingerprint density at radius 3 is 2.96 bits per heavy atom. The highest BCUT2D eigenvalue weighted by Gasteiger charge is 2.34. The van der Waals surface area contributed by atoms with Crippen molar-refractivity contribution in [3.63, 3.8) is 0 Å². The lowest BCUT2D eigenvalue weighted by molar-refractivity contribution is -0.130. The van der Waals surface area contributed by atoms with Gasteiger partial charge < -0.3 is 9.74 Å². The summed E-state index contributed by atoms with van der Waals surface area (Å²) in [6.07, 6.45) is 0.133. The van der Waals surface area contributed by atoms with Gasteiger partial charge in [-0.25, -0.2) is 0 Å². The Hall–Kier alpha value is -2.60. The lowest BCUT2D eigenvalue weighted by atomic mass is 10.1. The van der Waals surface area contributed by atoms with Gasteiger partial charge in [-0.3, -0.25) is 4.79 Å². The van der Waals surface area contributed by atoms with E-state index in [0.29, 0.717) is 16.1 Å². The minimum Gasteiger partial charge on any atom is -0.382 e. The normalized spacial score (nSPS) is 17.6. The fourth-order valence-electron chi connectivity index (χ4n) is 3.24. The second-order valence-corrected chi connectivity index (χ2v) is 6.67. The van der Waals surface area contributed by atoms with Crippen molar-refractivity contribution in [1.29, 1.82) is 0 Å². The van der Waals surface area contributed by atoms with Crippen LogP contribution in [-0.4, -0.2) is 33.2 Å². The van der Waals surface area contributed by atoms with Gasteiger partial charge in [-0.1, -0.05) is 34.6 Å². The van der Waals surface area contributed by atoms with Crippen LogP contribution in [0.3, 0.4) is 0 Å². The van der Waals surface area contributed by atoms with Gasteiger partial charge in [0.15, 0.2) is 0 Å². The maximum Gasteiger partial charge on any atom is 0.270 e. The molecule has 0 radical (unpaired) electrons. The molecule has 2 atom stereocenters. The number of carbonyl (C=O) groups excluding carboxylic acids is 1. The number of benzene rings is 2. The molecule has 128 valence electrons. The molecule has 1 aliphatic rings. The zero-order valence-corrected chi connectivity index (χ0v) is 14.6. The molecule has 0 N–H and O–H groups in total. The molecule has 3 aromatic rings. The van der Waals surface area contributed by atoms with Crippen LogP contribution in [0.4, 0.5) is 5.69 Å². The predicted molar refractivity (Wildman–Crippen MR) is 95.7 cm³/mol. The van der Waals surface area contributed by atoms with Crippen molar-refractivity contribution in [3.05, 3.63) is 53.1 Å². The molecule has 1 aromatic heterocycles. The Labute approximate surface area is 149 Å². The van der Waals surface area contributed by atoms with Gasteiger partial charge in [-0.05, 0) is 55.3 Å². The third-order valence-electron chi connectivity index (χ3n) is 4.43. The number of halogens is 1. The number of anilines is 1. The number of hydrogen-bond acceptors (Lipinski definition) is 4. The Balaban J connectivity index is 1.59. The number of aromatic nitrogens is 3. The second kappa shape index (κ2) is 6.04. The first-order valence-corrected chi connectivity index (χ1v) is 8.51. The van der Waals surface area contributed by atoms with E-state index in [1.807, 2.05) is 25.1 Å². The predicted octanol–water partition coefficient (Wildman–Crippen LogP) is 2.88. The third-order valence-corrected chi connectivity index (χ3v) is 4.66. The van der Waals surface area contributed by atoms with E-state index in [1.165, 1.54) is 10.4 Å². The molecule has 0 unspecified atom stereocenters. The standard InChI is InChI=1S/C18H17ClN4O2/c1-11-9-13-5-3-4-6-16(13)22(11)18(24)12(2)25-23-17-10-14(19)7-8-15(17)20-21-23/h3-8,10-12H,9H2,1-2H3/t11-,12-/m1/s1. The number of rotatable bonds is 3. The van der Waals surface area contributed by atoms with E-state index in [-0.39, 0.29) is 11.9 Å². The summed E-state index contributed by atoms with van der Waals surface area (Å²) in [4.78, 5) is 21.8. The molecule has 0 spiro atoms. The van der Waals surface area contributed by atoms with E-state index in [4.69, 9.17) is 16.4 Å². The summed E-state index contributed by atoms with van der Waals surface area (Å²) in [6.45, 7) is 3.75. The molecule has 6 nitrogen and oxygen atoms in total. The first kappa shape index (κ1) is 15.9. The Morgan fingerprint density at radius 2 is 2.12 bits per heavy atom. The molecule has 0 fully saturated rings. The quantitative estimate of drug-likeness (QED) is 0.724.